The Morgan fingerprint density at radius 1 is 1.30 bits per heavy atom. The van der Waals surface area contributed by atoms with Gasteiger partial charge in [-0.15, -0.1) is 0 Å². The molecule has 1 aliphatic rings. The van der Waals surface area contributed by atoms with Crippen molar-refractivity contribution >= 4 is 5.91 Å². The second-order valence-corrected chi connectivity index (χ2v) is 5.42. The van der Waals surface area contributed by atoms with Gasteiger partial charge < -0.3 is 15.0 Å². The first-order chi connectivity index (χ1) is 9.69. The van der Waals surface area contributed by atoms with Crippen LogP contribution in [-0.2, 0) is 0 Å². The second kappa shape index (κ2) is 7.29. The maximum atomic E-state index is 12.2. The number of carbonyl (C=O) groups excluding carboxylic acids is 1. The Morgan fingerprint density at radius 2 is 1.95 bits per heavy atom. The maximum absolute atomic E-state index is 12.2. The van der Waals surface area contributed by atoms with Gasteiger partial charge in [-0.2, -0.15) is 0 Å². The first-order valence-corrected chi connectivity index (χ1v) is 7.41. The van der Waals surface area contributed by atoms with Crippen molar-refractivity contribution in [2.75, 3.05) is 26.7 Å². The number of benzene rings is 1. The fraction of sp³-hybridized carbons (Fsp3) is 0.562. The van der Waals surface area contributed by atoms with E-state index in [0.717, 1.165) is 38.1 Å². The van der Waals surface area contributed by atoms with Gasteiger partial charge in [-0.05, 0) is 63.7 Å². The molecule has 0 saturated carbocycles. The molecule has 2 rings (SSSR count). The Morgan fingerprint density at radius 3 is 2.55 bits per heavy atom. The number of nitrogens with zero attached hydrogens (tertiary/aromatic N) is 1. The lowest BCUT2D eigenvalue weighted by Crippen LogP contribution is -2.43. The second-order valence-electron chi connectivity index (χ2n) is 5.42. The van der Waals surface area contributed by atoms with Gasteiger partial charge in [0.15, 0.2) is 0 Å². The van der Waals surface area contributed by atoms with Crippen LogP contribution in [0.5, 0.6) is 5.75 Å². The highest BCUT2D eigenvalue weighted by Gasteiger charge is 2.18. The maximum Gasteiger partial charge on any atom is 0.251 e. The summed E-state index contributed by atoms with van der Waals surface area (Å²) in [6, 6.07) is 7.68. The van der Waals surface area contributed by atoms with Crippen LogP contribution in [0.4, 0.5) is 0 Å². The van der Waals surface area contributed by atoms with Crippen molar-refractivity contribution < 1.29 is 9.53 Å². The molecule has 4 heteroatoms. The molecule has 110 valence electrons. The van der Waals surface area contributed by atoms with Crippen molar-refractivity contribution in [1.29, 1.82) is 0 Å². The molecule has 0 atom stereocenters. The van der Waals surface area contributed by atoms with Crippen LogP contribution in [0.15, 0.2) is 24.3 Å². The number of amides is 1. The minimum absolute atomic E-state index is 0.0154. The SMILES string of the molecule is CCCOc1ccc(C(=O)NC2CCN(C)CC2)cc1. The number of rotatable bonds is 5. The van der Waals surface area contributed by atoms with Crippen molar-refractivity contribution in [3.05, 3.63) is 29.8 Å². The standard InChI is InChI=1S/C16H24N2O2/c1-3-12-20-15-6-4-13(5-7-15)16(19)17-14-8-10-18(2)11-9-14/h4-7,14H,3,8-12H2,1-2H3,(H,17,19). The molecule has 1 aromatic rings. The van der Waals surface area contributed by atoms with Crippen LogP contribution in [0.2, 0.25) is 0 Å². The summed E-state index contributed by atoms with van der Waals surface area (Å²) in [7, 11) is 2.12. The summed E-state index contributed by atoms with van der Waals surface area (Å²) in [5, 5.41) is 3.11. The van der Waals surface area contributed by atoms with E-state index in [4.69, 9.17) is 4.74 Å². The van der Waals surface area contributed by atoms with Gasteiger partial charge >= 0.3 is 0 Å². The van der Waals surface area contributed by atoms with Crippen LogP contribution >= 0.6 is 0 Å². The molecular weight excluding hydrogens is 252 g/mol. The fourth-order valence-electron chi connectivity index (χ4n) is 2.34. The lowest BCUT2D eigenvalue weighted by atomic mass is 10.0. The molecule has 20 heavy (non-hydrogen) atoms. The Labute approximate surface area is 121 Å². The Kier molecular flexibility index (Phi) is 5.41. The smallest absolute Gasteiger partial charge is 0.251 e. The molecule has 0 aromatic heterocycles. The average Bonchev–Trinajstić information content (AvgIpc) is 2.48. The first-order valence-electron chi connectivity index (χ1n) is 7.41. The molecule has 1 aliphatic heterocycles. The highest BCUT2D eigenvalue weighted by Crippen LogP contribution is 2.14. The van der Waals surface area contributed by atoms with E-state index in [1.165, 1.54) is 0 Å². The third-order valence-electron chi connectivity index (χ3n) is 3.64. The van der Waals surface area contributed by atoms with Crippen LogP contribution in [-0.4, -0.2) is 43.6 Å². The van der Waals surface area contributed by atoms with Crippen LogP contribution < -0.4 is 10.1 Å². The van der Waals surface area contributed by atoms with E-state index in [-0.39, 0.29) is 5.91 Å². The number of ether oxygens (including phenoxy) is 1. The summed E-state index contributed by atoms with van der Waals surface area (Å²) in [5.74, 6) is 0.837. The third kappa shape index (κ3) is 4.23. The van der Waals surface area contributed by atoms with Gasteiger partial charge in [0.2, 0.25) is 0 Å². The highest BCUT2D eigenvalue weighted by molar-refractivity contribution is 5.94. The number of hydrogen-bond donors (Lipinski definition) is 1. The summed E-state index contributed by atoms with van der Waals surface area (Å²) < 4.78 is 5.51. The van der Waals surface area contributed by atoms with E-state index in [9.17, 15) is 4.79 Å². The topological polar surface area (TPSA) is 41.6 Å². The predicted molar refractivity (Wildman–Crippen MR) is 80.2 cm³/mol. The van der Waals surface area contributed by atoms with Crippen molar-refractivity contribution in [2.24, 2.45) is 0 Å². The molecule has 0 aliphatic carbocycles. The minimum atomic E-state index is 0.0154. The molecule has 1 heterocycles. The molecule has 0 radical (unpaired) electrons. The molecular formula is C16H24N2O2. The molecule has 1 amide bonds. The van der Waals surface area contributed by atoms with Gasteiger partial charge in [-0.25, -0.2) is 0 Å². The van der Waals surface area contributed by atoms with E-state index in [2.05, 4.69) is 24.2 Å². The summed E-state index contributed by atoms with van der Waals surface area (Å²) in [5.41, 5.74) is 0.702. The Balaban J connectivity index is 1.85. The summed E-state index contributed by atoms with van der Waals surface area (Å²) in [4.78, 5) is 14.4. The van der Waals surface area contributed by atoms with Crippen molar-refractivity contribution in [3.63, 3.8) is 0 Å². The van der Waals surface area contributed by atoms with Crippen LogP contribution in [0.25, 0.3) is 0 Å². The molecule has 1 N–H and O–H groups in total. The van der Waals surface area contributed by atoms with Crippen LogP contribution in [0.1, 0.15) is 36.5 Å². The van der Waals surface area contributed by atoms with Crippen molar-refractivity contribution in [3.8, 4) is 5.75 Å². The normalized spacial score (nSPS) is 16.9. The van der Waals surface area contributed by atoms with Gasteiger partial charge in [0, 0.05) is 11.6 Å². The van der Waals surface area contributed by atoms with E-state index in [0.29, 0.717) is 18.2 Å². The molecule has 0 unspecified atom stereocenters. The van der Waals surface area contributed by atoms with E-state index >= 15 is 0 Å². The molecule has 4 nitrogen and oxygen atoms in total. The quantitative estimate of drug-likeness (QED) is 0.897. The lowest BCUT2D eigenvalue weighted by Gasteiger charge is -2.29. The summed E-state index contributed by atoms with van der Waals surface area (Å²) >= 11 is 0. The number of piperidine rings is 1. The van der Waals surface area contributed by atoms with E-state index in [1.54, 1.807) is 0 Å². The van der Waals surface area contributed by atoms with E-state index in [1.807, 2.05) is 24.3 Å². The molecule has 1 fully saturated rings. The number of hydrogen-bond acceptors (Lipinski definition) is 3. The average molecular weight is 276 g/mol. The summed E-state index contributed by atoms with van der Waals surface area (Å²) in [6.45, 7) is 4.88. The molecule has 0 spiro atoms. The zero-order valence-electron chi connectivity index (χ0n) is 12.4. The highest BCUT2D eigenvalue weighted by atomic mass is 16.5. The Hall–Kier alpha value is -1.55. The largest absolute Gasteiger partial charge is 0.494 e. The summed E-state index contributed by atoms with van der Waals surface area (Å²) in [6.07, 6.45) is 3.04. The molecule has 0 bridgehead atoms. The number of nitrogens with one attached hydrogen (secondary N) is 1. The Bertz CT molecular complexity index is 423. The van der Waals surface area contributed by atoms with Gasteiger partial charge in [0.1, 0.15) is 5.75 Å². The number of carbonyl (C=O) groups is 1. The monoisotopic (exact) mass is 276 g/mol. The molecule has 1 saturated heterocycles. The lowest BCUT2D eigenvalue weighted by molar-refractivity contribution is 0.0917. The zero-order valence-corrected chi connectivity index (χ0v) is 12.4. The van der Waals surface area contributed by atoms with Crippen LogP contribution in [0.3, 0.4) is 0 Å². The van der Waals surface area contributed by atoms with Crippen LogP contribution in [0, 0.1) is 0 Å². The number of likely N-dealkylation sites (tertiary alicyclic amines) is 1. The first kappa shape index (κ1) is 14.9. The zero-order chi connectivity index (χ0) is 14.4. The van der Waals surface area contributed by atoms with Crippen molar-refractivity contribution in [1.82, 2.24) is 10.2 Å². The van der Waals surface area contributed by atoms with Gasteiger partial charge in [0.25, 0.3) is 5.91 Å². The third-order valence-corrected chi connectivity index (χ3v) is 3.64. The molecule has 1 aromatic carbocycles. The van der Waals surface area contributed by atoms with Crippen molar-refractivity contribution in [2.45, 2.75) is 32.2 Å². The van der Waals surface area contributed by atoms with Gasteiger partial charge in [-0.3, -0.25) is 4.79 Å². The van der Waals surface area contributed by atoms with E-state index < -0.39 is 0 Å². The minimum Gasteiger partial charge on any atom is -0.494 e. The van der Waals surface area contributed by atoms with Gasteiger partial charge in [-0.1, -0.05) is 6.92 Å². The van der Waals surface area contributed by atoms with Gasteiger partial charge in [0.05, 0.1) is 6.61 Å². The predicted octanol–water partition coefficient (Wildman–Crippen LogP) is 2.30. The fourth-order valence-corrected chi connectivity index (χ4v) is 2.34.